The predicted molar refractivity (Wildman–Crippen MR) is 155 cm³/mol. The van der Waals surface area contributed by atoms with Crippen LogP contribution in [0.5, 0.6) is 0 Å². The number of aryl methyl sites for hydroxylation is 1. The molecule has 0 bridgehead atoms. The van der Waals surface area contributed by atoms with E-state index in [0.717, 1.165) is 12.5 Å². The summed E-state index contributed by atoms with van der Waals surface area (Å²) in [7, 11) is -4.02. The van der Waals surface area contributed by atoms with Crippen molar-refractivity contribution >= 4 is 33.7 Å². The Morgan fingerprint density at radius 1 is 1.02 bits per heavy atom. The molecule has 1 fully saturated rings. The van der Waals surface area contributed by atoms with Crippen molar-refractivity contribution in [1.29, 1.82) is 0 Å². The molecule has 250 valence electrons. The number of benzene rings is 2. The molecule has 0 aliphatic carbocycles. The zero-order valence-electron chi connectivity index (χ0n) is 24.8. The quantitative estimate of drug-likeness (QED) is 0.120. The maximum absolute atomic E-state index is 15.6. The van der Waals surface area contributed by atoms with Gasteiger partial charge in [0, 0.05) is 17.5 Å². The lowest BCUT2D eigenvalue weighted by Crippen LogP contribution is -2.70. The second-order valence-electron chi connectivity index (χ2n) is 11.5. The molecule has 1 saturated heterocycles. The summed E-state index contributed by atoms with van der Waals surface area (Å²) in [6.07, 6.45) is -4.94. The van der Waals surface area contributed by atoms with Crippen LogP contribution in [0.25, 0.3) is 0 Å². The molecule has 5 unspecified atom stereocenters. The summed E-state index contributed by atoms with van der Waals surface area (Å²) >= 11 is 5.88. The average molecular weight is 684 g/mol. The Morgan fingerprint density at radius 2 is 1.62 bits per heavy atom. The smallest absolute Gasteiger partial charge is 0.418 e. The number of rotatable bonds is 13. The van der Waals surface area contributed by atoms with Gasteiger partial charge in [-0.15, -0.1) is 0 Å². The number of carboxylic acids is 2. The molecule has 2 aromatic carbocycles. The Bertz CT molecular complexity index is 1510. The normalized spacial score (nSPS) is 25.7. The third kappa shape index (κ3) is 7.13. The number of halogens is 6. The maximum Gasteiger partial charge on any atom is 0.418 e. The highest BCUT2D eigenvalue weighted by Gasteiger charge is 2.67. The summed E-state index contributed by atoms with van der Waals surface area (Å²) in [4.78, 5) is 25.8. The number of nitrogens with one attached hydrogen (secondary N) is 1. The molecule has 0 saturated carbocycles. The van der Waals surface area contributed by atoms with E-state index in [1.165, 1.54) is 19.1 Å². The van der Waals surface area contributed by atoms with E-state index in [4.69, 9.17) is 15.8 Å². The Kier molecular flexibility index (Phi) is 11.3. The van der Waals surface area contributed by atoms with Gasteiger partial charge in [0.05, 0.1) is 39.0 Å². The third-order valence-electron chi connectivity index (χ3n) is 8.82. The van der Waals surface area contributed by atoms with E-state index in [-0.39, 0.29) is 30.8 Å². The highest BCUT2D eigenvalue weighted by molar-refractivity contribution is 7.86. The average Bonchev–Trinajstić information content (AvgIpc) is 2.94. The summed E-state index contributed by atoms with van der Waals surface area (Å²) in [5.41, 5.74) is -7.04. The molecule has 0 radical (unpaired) electrons. The highest BCUT2D eigenvalue weighted by atomic mass is 35.5. The number of carboxylic acid groups (broad SMARTS) is 2. The van der Waals surface area contributed by atoms with E-state index >= 15 is 4.39 Å². The molecule has 8 nitrogen and oxygen atoms in total. The molecule has 1 aliphatic rings. The first-order chi connectivity index (χ1) is 20.8. The summed E-state index contributed by atoms with van der Waals surface area (Å²) in [6, 6.07) is 4.28. The predicted octanol–water partition coefficient (Wildman–Crippen LogP) is 6.74. The number of piperidine rings is 1. The Hall–Kier alpha value is -2.81. The van der Waals surface area contributed by atoms with Crippen LogP contribution in [0.3, 0.4) is 0 Å². The molecule has 0 amide bonds. The first-order valence-corrected chi connectivity index (χ1v) is 15.9. The summed E-state index contributed by atoms with van der Waals surface area (Å²) < 4.78 is 103. The molecule has 0 aromatic heterocycles. The lowest BCUT2D eigenvalue weighted by molar-refractivity contribution is -0.174. The lowest BCUT2D eigenvalue weighted by atomic mass is 9.50. The summed E-state index contributed by atoms with van der Waals surface area (Å²) in [6.45, 7) is 2.39. The minimum Gasteiger partial charge on any atom is -0.481 e. The van der Waals surface area contributed by atoms with Crippen LogP contribution < -0.4 is 5.32 Å². The lowest BCUT2D eigenvalue weighted by Gasteiger charge is -2.56. The van der Waals surface area contributed by atoms with Gasteiger partial charge in [0.1, 0.15) is 12.5 Å². The fraction of sp³-hybridized carbons (Fsp3) is 0.533. The van der Waals surface area contributed by atoms with Gasteiger partial charge in [-0.05, 0) is 57.9 Å². The summed E-state index contributed by atoms with van der Waals surface area (Å²) in [5, 5.41) is 22.6. The van der Waals surface area contributed by atoms with Gasteiger partial charge in [-0.1, -0.05) is 48.6 Å². The first-order valence-electron chi connectivity index (χ1n) is 14.2. The molecule has 3 N–H and O–H groups in total. The third-order valence-corrected chi connectivity index (χ3v) is 10.5. The van der Waals surface area contributed by atoms with E-state index < -0.39 is 92.1 Å². The van der Waals surface area contributed by atoms with Gasteiger partial charge in [-0.3, -0.25) is 13.8 Å². The Labute approximate surface area is 263 Å². The van der Waals surface area contributed by atoms with Crippen LogP contribution in [0.4, 0.5) is 22.0 Å². The van der Waals surface area contributed by atoms with Crippen molar-refractivity contribution in [3.63, 3.8) is 0 Å². The molecule has 2 aromatic rings. The van der Waals surface area contributed by atoms with Crippen LogP contribution in [0.15, 0.2) is 41.3 Å². The van der Waals surface area contributed by atoms with Crippen molar-refractivity contribution in [3.8, 4) is 0 Å². The summed E-state index contributed by atoms with van der Waals surface area (Å²) in [5.74, 6) is -7.25. The van der Waals surface area contributed by atoms with E-state index in [1.54, 1.807) is 19.1 Å². The van der Waals surface area contributed by atoms with Gasteiger partial charge >= 0.3 is 18.1 Å². The topological polar surface area (TPSA) is 130 Å². The molecular weight excluding hydrogens is 649 g/mol. The van der Waals surface area contributed by atoms with E-state index in [1.807, 2.05) is 0 Å². The second-order valence-corrected chi connectivity index (χ2v) is 13.6. The van der Waals surface area contributed by atoms with Crippen LogP contribution in [-0.2, 0) is 30.1 Å². The van der Waals surface area contributed by atoms with Crippen molar-refractivity contribution < 1.29 is 54.4 Å². The number of hydrogen-bond acceptors (Lipinski definition) is 6. The van der Waals surface area contributed by atoms with Gasteiger partial charge in [-0.2, -0.15) is 21.6 Å². The van der Waals surface area contributed by atoms with Crippen LogP contribution in [0.2, 0.25) is 5.02 Å². The number of hydrogen-bond donors (Lipinski definition) is 3. The molecule has 3 rings (SSSR count). The number of unbranched alkanes of at least 4 members (excludes halogenated alkanes) is 3. The van der Waals surface area contributed by atoms with Crippen molar-refractivity contribution in [2.45, 2.75) is 81.9 Å². The molecule has 0 spiro atoms. The van der Waals surface area contributed by atoms with E-state index in [2.05, 4.69) is 5.32 Å². The molecule has 5 atom stereocenters. The van der Waals surface area contributed by atoms with Crippen molar-refractivity contribution in [2.24, 2.45) is 10.8 Å². The monoisotopic (exact) mass is 683 g/mol. The SMILES string of the molecule is Cc1ccc(S(=O)(=O)OCCCCCCC2(C(=O)O)C(C)NC(CF)C(C)(C(=O)O)C2c2c(F)ccc(Cl)c2C(F)(F)F)cc1. The van der Waals surface area contributed by atoms with Crippen molar-refractivity contribution in [3.05, 3.63) is 63.9 Å². The van der Waals surface area contributed by atoms with Gasteiger partial charge in [0.25, 0.3) is 10.1 Å². The van der Waals surface area contributed by atoms with Crippen molar-refractivity contribution in [2.75, 3.05) is 13.3 Å². The molecule has 1 aliphatic heterocycles. The fourth-order valence-corrected chi connectivity index (χ4v) is 7.59. The zero-order chi connectivity index (χ0) is 34.0. The zero-order valence-corrected chi connectivity index (χ0v) is 26.3. The highest BCUT2D eigenvalue weighted by Crippen LogP contribution is 2.60. The van der Waals surface area contributed by atoms with E-state index in [9.17, 15) is 45.8 Å². The first kappa shape index (κ1) is 36.7. The molecular formula is C30H35ClF5NO7S. The maximum atomic E-state index is 15.6. The van der Waals surface area contributed by atoms with E-state index in [0.29, 0.717) is 18.6 Å². The van der Waals surface area contributed by atoms with Crippen LogP contribution in [0.1, 0.15) is 68.6 Å². The van der Waals surface area contributed by atoms with Gasteiger partial charge in [-0.25, -0.2) is 8.78 Å². The largest absolute Gasteiger partial charge is 0.481 e. The second kappa shape index (κ2) is 13.9. The number of carbonyl (C=O) groups is 2. The Morgan fingerprint density at radius 3 is 2.16 bits per heavy atom. The van der Waals surface area contributed by atoms with Gasteiger partial charge in [0.15, 0.2) is 0 Å². The standard InChI is InChI=1S/C30H35ClF5NO7S/c1-17-8-10-19(11-9-17)45(42,43)44-15-7-5-4-6-14-29(27(40)41)18(2)37-22(16-32)28(3,26(38)39)25(29)23-21(33)13-12-20(31)24(23)30(34,35)36/h8-13,18,22,25,37H,4-7,14-16H2,1-3H3,(H,38,39)(H,40,41). The number of aliphatic carboxylic acids is 2. The van der Waals surface area contributed by atoms with Crippen LogP contribution >= 0.6 is 11.6 Å². The van der Waals surface area contributed by atoms with Crippen LogP contribution in [0, 0.1) is 23.6 Å². The fourth-order valence-electron chi connectivity index (χ4n) is 6.37. The van der Waals surface area contributed by atoms with Crippen molar-refractivity contribution in [1.82, 2.24) is 5.32 Å². The molecule has 1 heterocycles. The minimum atomic E-state index is -5.31. The molecule has 45 heavy (non-hydrogen) atoms. The minimum absolute atomic E-state index is 0.0130. The van der Waals surface area contributed by atoms with Crippen LogP contribution in [-0.4, -0.2) is 55.9 Å². The number of alkyl halides is 4. The van der Waals surface area contributed by atoms with Gasteiger partial charge in [0.2, 0.25) is 0 Å². The molecule has 15 heteroatoms. The van der Waals surface area contributed by atoms with Gasteiger partial charge < -0.3 is 15.5 Å². The Balaban J connectivity index is 1.95.